The monoisotopic (exact) mass is 289 g/mol. The first-order chi connectivity index (χ1) is 10.7. The molecular weight excluding hydrogens is 274 g/mol. The Balaban J connectivity index is 1.86. The predicted molar refractivity (Wildman–Crippen MR) is 84.5 cm³/mol. The van der Waals surface area contributed by atoms with Crippen LogP contribution in [0.2, 0.25) is 0 Å². The van der Waals surface area contributed by atoms with Gasteiger partial charge in [-0.25, -0.2) is 0 Å². The van der Waals surface area contributed by atoms with E-state index in [2.05, 4.69) is 34.6 Å². The third kappa shape index (κ3) is 1.92. The SMILES string of the molecule is Cc1ccc(-c2n[nH]c3c2C(c2ccccc2)NC3=O)cc1. The molecule has 1 unspecified atom stereocenters. The van der Waals surface area contributed by atoms with E-state index in [1.54, 1.807) is 0 Å². The average molecular weight is 289 g/mol. The molecule has 3 aromatic rings. The van der Waals surface area contributed by atoms with Gasteiger partial charge < -0.3 is 5.32 Å². The molecule has 0 spiro atoms. The molecule has 4 heteroatoms. The molecule has 0 aliphatic carbocycles. The summed E-state index contributed by atoms with van der Waals surface area (Å²) >= 11 is 0. The maximum absolute atomic E-state index is 12.2. The topological polar surface area (TPSA) is 57.8 Å². The van der Waals surface area contributed by atoms with Gasteiger partial charge in [-0.2, -0.15) is 5.10 Å². The highest BCUT2D eigenvalue weighted by Crippen LogP contribution is 2.36. The molecule has 0 saturated heterocycles. The number of benzene rings is 2. The number of nitrogens with one attached hydrogen (secondary N) is 2. The largest absolute Gasteiger partial charge is 0.340 e. The first kappa shape index (κ1) is 12.8. The number of carbonyl (C=O) groups is 1. The van der Waals surface area contributed by atoms with Gasteiger partial charge in [-0.3, -0.25) is 9.89 Å². The summed E-state index contributed by atoms with van der Waals surface area (Å²) in [5.74, 6) is -0.102. The van der Waals surface area contributed by atoms with E-state index in [0.29, 0.717) is 5.69 Å². The van der Waals surface area contributed by atoms with Crippen molar-refractivity contribution < 1.29 is 4.79 Å². The molecular formula is C18H15N3O. The lowest BCUT2D eigenvalue weighted by atomic mass is 9.96. The molecule has 1 aliphatic rings. The fourth-order valence-corrected chi connectivity index (χ4v) is 2.91. The third-order valence-corrected chi connectivity index (χ3v) is 4.05. The lowest BCUT2D eigenvalue weighted by molar-refractivity contribution is 0.0955. The molecule has 2 aromatic carbocycles. The highest BCUT2D eigenvalue weighted by molar-refractivity contribution is 6.00. The quantitative estimate of drug-likeness (QED) is 0.761. The minimum absolute atomic E-state index is 0.102. The number of hydrogen-bond acceptors (Lipinski definition) is 2. The van der Waals surface area contributed by atoms with Crippen LogP contribution in [0.4, 0.5) is 0 Å². The van der Waals surface area contributed by atoms with Crippen LogP contribution in [0.25, 0.3) is 11.3 Å². The van der Waals surface area contributed by atoms with Gasteiger partial charge in [0, 0.05) is 11.1 Å². The van der Waals surface area contributed by atoms with Crippen LogP contribution in [0.3, 0.4) is 0 Å². The Bertz CT molecular complexity index is 835. The molecule has 1 amide bonds. The Morgan fingerprint density at radius 1 is 1.00 bits per heavy atom. The van der Waals surface area contributed by atoms with E-state index in [4.69, 9.17) is 0 Å². The molecule has 0 saturated carbocycles. The van der Waals surface area contributed by atoms with E-state index in [1.807, 2.05) is 42.5 Å². The molecule has 2 N–H and O–H groups in total. The summed E-state index contributed by atoms with van der Waals surface area (Å²) in [4.78, 5) is 12.2. The Morgan fingerprint density at radius 3 is 2.45 bits per heavy atom. The number of carbonyl (C=O) groups excluding carboxylic acids is 1. The van der Waals surface area contributed by atoms with Crippen LogP contribution in [0, 0.1) is 6.92 Å². The van der Waals surface area contributed by atoms with E-state index in [1.165, 1.54) is 5.56 Å². The molecule has 0 radical (unpaired) electrons. The lowest BCUT2D eigenvalue weighted by Crippen LogP contribution is -2.21. The van der Waals surface area contributed by atoms with Gasteiger partial charge in [0.25, 0.3) is 5.91 Å². The van der Waals surface area contributed by atoms with Crippen molar-refractivity contribution in [1.82, 2.24) is 15.5 Å². The van der Waals surface area contributed by atoms with Crippen molar-refractivity contribution in [1.29, 1.82) is 0 Å². The summed E-state index contributed by atoms with van der Waals surface area (Å²) < 4.78 is 0. The van der Waals surface area contributed by atoms with Crippen LogP contribution in [0.1, 0.15) is 33.2 Å². The molecule has 4 rings (SSSR count). The van der Waals surface area contributed by atoms with Crippen molar-refractivity contribution >= 4 is 5.91 Å². The Labute approximate surface area is 128 Å². The van der Waals surface area contributed by atoms with Gasteiger partial charge in [0.1, 0.15) is 5.69 Å². The second-order valence-corrected chi connectivity index (χ2v) is 5.54. The van der Waals surface area contributed by atoms with Crippen LogP contribution in [0.15, 0.2) is 54.6 Å². The molecule has 22 heavy (non-hydrogen) atoms. The van der Waals surface area contributed by atoms with Crippen molar-refractivity contribution in [2.75, 3.05) is 0 Å². The smallest absolute Gasteiger partial charge is 0.270 e. The predicted octanol–water partition coefficient (Wildman–Crippen LogP) is 3.22. The Morgan fingerprint density at radius 2 is 1.73 bits per heavy atom. The number of hydrogen-bond donors (Lipinski definition) is 2. The summed E-state index contributed by atoms with van der Waals surface area (Å²) in [6.45, 7) is 2.05. The van der Waals surface area contributed by atoms with Crippen molar-refractivity contribution in [3.05, 3.63) is 77.0 Å². The number of aryl methyl sites for hydroxylation is 1. The highest BCUT2D eigenvalue weighted by atomic mass is 16.2. The second-order valence-electron chi connectivity index (χ2n) is 5.54. The number of rotatable bonds is 2. The molecule has 2 heterocycles. The van der Waals surface area contributed by atoms with Crippen LogP contribution < -0.4 is 5.32 Å². The van der Waals surface area contributed by atoms with E-state index >= 15 is 0 Å². The van der Waals surface area contributed by atoms with Crippen LogP contribution in [-0.2, 0) is 0 Å². The first-order valence-electron chi connectivity index (χ1n) is 7.25. The van der Waals surface area contributed by atoms with Crippen LogP contribution in [-0.4, -0.2) is 16.1 Å². The minimum Gasteiger partial charge on any atom is -0.340 e. The standard InChI is InChI=1S/C18H15N3O/c1-11-7-9-13(10-8-11)16-14-15(12-5-3-2-4-6-12)19-18(22)17(14)21-20-16/h2-10,15H,1H3,(H,19,22)(H,20,21). The van der Waals surface area contributed by atoms with E-state index in [0.717, 1.165) is 22.4 Å². The maximum Gasteiger partial charge on any atom is 0.270 e. The number of nitrogens with zero attached hydrogens (tertiary/aromatic N) is 1. The molecule has 0 fully saturated rings. The van der Waals surface area contributed by atoms with E-state index in [9.17, 15) is 4.79 Å². The zero-order valence-corrected chi connectivity index (χ0v) is 12.1. The van der Waals surface area contributed by atoms with Gasteiger partial charge in [0.2, 0.25) is 0 Å². The molecule has 108 valence electrons. The molecule has 1 aromatic heterocycles. The van der Waals surface area contributed by atoms with E-state index < -0.39 is 0 Å². The first-order valence-corrected chi connectivity index (χ1v) is 7.25. The van der Waals surface area contributed by atoms with Crippen molar-refractivity contribution in [2.45, 2.75) is 13.0 Å². The molecule has 1 aliphatic heterocycles. The van der Waals surface area contributed by atoms with Gasteiger partial charge in [-0.05, 0) is 12.5 Å². The zero-order chi connectivity index (χ0) is 15.1. The van der Waals surface area contributed by atoms with Crippen molar-refractivity contribution in [3.8, 4) is 11.3 Å². The number of amides is 1. The average Bonchev–Trinajstić information content (AvgIpc) is 3.11. The highest BCUT2D eigenvalue weighted by Gasteiger charge is 2.35. The number of H-pyrrole nitrogens is 1. The fourth-order valence-electron chi connectivity index (χ4n) is 2.91. The van der Waals surface area contributed by atoms with Gasteiger partial charge in [0.05, 0.1) is 11.7 Å². The number of fused-ring (bicyclic) bond motifs is 1. The van der Waals surface area contributed by atoms with Gasteiger partial charge in [0.15, 0.2) is 0 Å². The number of aromatic amines is 1. The normalized spacial score (nSPS) is 16.4. The van der Waals surface area contributed by atoms with Gasteiger partial charge in [-0.15, -0.1) is 0 Å². The van der Waals surface area contributed by atoms with Crippen LogP contribution >= 0.6 is 0 Å². The summed E-state index contributed by atoms with van der Waals surface area (Å²) in [5.41, 5.74) is 5.60. The van der Waals surface area contributed by atoms with Crippen molar-refractivity contribution in [3.63, 3.8) is 0 Å². The van der Waals surface area contributed by atoms with Gasteiger partial charge in [-0.1, -0.05) is 60.2 Å². The molecule has 1 atom stereocenters. The van der Waals surface area contributed by atoms with Crippen LogP contribution in [0.5, 0.6) is 0 Å². The minimum atomic E-state index is -0.154. The number of aromatic nitrogens is 2. The van der Waals surface area contributed by atoms with Gasteiger partial charge >= 0.3 is 0 Å². The van der Waals surface area contributed by atoms with E-state index in [-0.39, 0.29) is 11.9 Å². The maximum atomic E-state index is 12.2. The molecule has 4 nitrogen and oxygen atoms in total. The lowest BCUT2D eigenvalue weighted by Gasteiger charge is -2.13. The fraction of sp³-hybridized carbons (Fsp3) is 0.111. The summed E-state index contributed by atoms with van der Waals surface area (Å²) in [7, 11) is 0. The Kier molecular flexibility index (Phi) is 2.82. The summed E-state index contributed by atoms with van der Waals surface area (Å²) in [6.07, 6.45) is 0. The second kappa shape index (κ2) is 4.84. The Hall–Kier alpha value is -2.88. The molecule has 0 bridgehead atoms. The summed E-state index contributed by atoms with van der Waals surface area (Å²) in [5, 5.41) is 10.3. The van der Waals surface area contributed by atoms with Crippen molar-refractivity contribution in [2.24, 2.45) is 0 Å². The third-order valence-electron chi connectivity index (χ3n) is 4.05. The summed E-state index contributed by atoms with van der Waals surface area (Å²) in [6, 6.07) is 18.0. The zero-order valence-electron chi connectivity index (χ0n) is 12.1.